The van der Waals surface area contributed by atoms with Crippen LogP contribution in [-0.2, 0) is 9.53 Å². The van der Waals surface area contributed by atoms with E-state index in [0.717, 1.165) is 31.6 Å². The molecule has 2 saturated heterocycles. The minimum atomic E-state index is -0.371. The van der Waals surface area contributed by atoms with Crippen molar-refractivity contribution in [1.29, 1.82) is 0 Å². The summed E-state index contributed by atoms with van der Waals surface area (Å²) in [6.07, 6.45) is 4.72. The van der Waals surface area contributed by atoms with Gasteiger partial charge in [0.05, 0.1) is 17.9 Å². The highest BCUT2D eigenvalue weighted by molar-refractivity contribution is 5.88. The van der Waals surface area contributed by atoms with Gasteiger partial charge in [0.2, 0.25) is 5.91 Å². The molecule has 0 saturated carbocycles. The molecular formula is C18H26N4O3. The molecule has 0 aliphatic carbocycles. The smallest absolute Gasteiger partial charge is 0.415 e. The molecule has 2 aliphatic heterocycles. The van der Waals surface area contributed by atoms with Gasteiger partial charge in [-0.1, -0.05) is 20.8 Å². The zero-order chi connectivity index (χ0) is 18.2. The average Bonchev–Trinajstić information content (AvgIpc) is 2.92. The predicted molar refractivity (Wildman–Crippen MR) is 93.3 cm³/mol. The maximum Gasteiger partial charge on any atom is 0.415 e. The van der Waals surface area contributed by atoms with E-state index in [2.05, 4.69) is 9.97 Å². The van der Waals surface area contributed by atoms with E-state index in [1.165, 1.54) is 0 Å². The van der Waals surface area contributed by atoms with E-state index < -0.39 is 0 Å². The fourth-order valence-corrected chi connectivity index (χ4v) is 3.37. The molecule has 0 aromatic carbocycles. The first kappa shape index (κ1) is 17.6. The molecule has 3 heterocycles. The third-order valence-corrected chi connectivity index (χ3v) is 4.81. The number of amides is 2. The van der Waals surface area contributed by atoms with Gasteiger partial charge in [-0.25, -0.2) is 9.78 Å². The largest absolute Gasteiger partial charge is 0.447 e. The molecule has 25 heavy (non-hydrogen) atoms. The summed E-state index contributed by atoms with van der Waals surface area (Å²) in [4.78, 5) is 36.7. The molecule has 0 N–H and O–H groups in total. The Morgan fingerprint density at radius 2 is 1.92 bits per heavy atom. The van der Waals surface area contributed by atoms with Gasteiger partial charge in [0, 0.05) is 30.6 Å². The van der Waals surface area contributed by atoms with Crippen LogP contribution in [0.15, 0.2) is 12.4 Å². The van der Waals surface area contributed by atoms with Gasteiger partial charge in [-0.15, -0.1) is 0 Å². The number of carbonyl (C=O) groups excluding carboxylic acids is 2. The molecule has 2 amide bonds. The molecule has 7 heteroatoms. The van der Waals surface area contributed by atoms with Crippen LogP contribution in [0, 0.1) is 5.41 Å². The number of nitrogens with zero attached hydrogens (tertiary/aromatic N) is 4. The molecule has 3 rings (SSSR count). The molecule has 2 fully saturated rings. The lowest BCUT2D eigenvalue weighted by atomic mass is 9.90. The van der Waals surface area contributed by atoms with Gasteiger partial charge in [0.1, 0.15) is 6.61 Å². The highest BCUT2D eigenvalue weighted by Crippen LogP contribution is 2.30. The number of hydrogen-bond donors (Lipinski definition) is 0. The number of cyclic esters (lactones) is 1. The van der Waals surface area contributed by atoms with E-state index in [1.807, 2.05) is 32.6 Å². The Morgan fingerprint density at radius 3 is 2.48 bits per heavy atom. The monoisotopic (exact) mass is 346 g/mol. The second kappa shape index (κ2) is 6.61. The van der Waals surface area contributed by atoms with E-state index in [-0.39, 0.29) is 29.4 Å². The van der Waals surface area contributed by atoms with E-state index >= 15 is 0 Å². The third-order valence-electron chi connectivity index (χ3n) is 4.81. The highest BCUT2D eigenvalue weighted by atomic mass is 16.6. The number of hydrogen-bond acceptors (Lipinski definition) is 5. The molecule has 136 valence electrons. The Bertz CT molecular complexity index is 663. The minimum absolute atomic E-state index is 0.0386. The van der Waals surface area contributed by atoms with Gasteiger partial charge in [-0.2, -0.15) is 0 Å². The van der Waals surface area contributed by atoms with Crippen LogP contribution in [0.1, 0.15) is 52.1 Å². The van der Waals surface area contributed by atoms with Crippen LogP contribution in [0.3, 0.4) is 0 Å². The Labute approximate surface area is 148 Å². The Morgan fingerprint density at radius 1 is 1.24 bits per heavy atom. The number of piperidine rings is 1. The van der Waals surface area contributed by atoms with Crippen LogP contribution in [-0.4, -0.2) is 52.6 Å². The number of rotatable bonds is 2. The Balaban J connectivity index is 1.69. The Kier molecular flexibility index (Phi) is 4.67. The molecule has 0 spiro atoms. The number of anilines is 1. The van der Waals surface area contributed by atoms with Gasteiger partial charge in [0.25, 0.3) is 0 Å². The summed E-state index contributed by atoms with van der Waals surface area (Å²) in [5.41, 5.74) is 0.533. The number of ether oxygens (including phenoxy) is 1. The van der Waals surface area contributed by atoms with Crippen LogP contribution >= 0.6 is 0 Å². The second-order valence-corrected chi connectivity index (χ2v) is 7.91. The number of carbonyl (C=O) groups is 2. The van der Waals surface area contributed by atoms with E-state index in [0.29, 0.717) is 12.4 Å². The molecule has 0 bridgehead atoms. The molecular weight excluding hydrogens is 320 g/mol. The molecule has 2 aliphatic rings. The first-order valence-electron chi connectivity index (χ1n) is 8.84. The fraction of sp³-hybridized carbons (Fsp3) is 0.667. The van der Waals surface area contributed by atoms with Crippen molar-refractivity contribution in [2.75, 3.05) is 24.6 Å². The molecule has 1 unspecified atom stereocenters. The van der Waals surface area contributed by atoms with Crippen LogP contribution < -0.4 is 4.90 Å². The van der Waals surface area contributed by atoms with Crippen molar-refractivity contribution in [3.8, 4) is 0 Å². The summed E-state index contributed by atoms with van der Waals surface area (Å²) in [7, 11) is 0. The topological polar surface area (TPSA) is 75.6 Å². The van der Waals surface area contributed by atoms with Gasteiger partial charge in [-0.05, 0) is 19.8 Å². The van der Waals surface area contributed by atoms with Gasteiger partial charge in [-0.3, -0.25) is 14.7 Å². The first-order valence-corrected chi connectivity index (χ1v) is 8.84. The van der Waals surface area contributed by atoms with Crippen LogP contribution in [0.5, 0.6) is 0 Å². The maximum atomic E-state index is 12.4. The summed E-state index contributed by atoms with van der Waals surface area (Å²) < 4.78 is 5.06. The molecule has 0 radical (unpaired) electrons. The van der Waals surface area contributed by atoms with Crippen LogP contribution in [0.25, 0.3) is 0 Å². The number of likely N-dealkylation sites (tertiary alicyclic amines) is 1. The van der Waals surface area contributed by atoms with Crippen molar-refractivity contribution < 1.29 is 14.3 Å². The van der Waals surface area contributed by atoms with E-state index in [4.69, 9.17) is 4.74 Å². The van der Waals surface area contributed by atoms with Crippen LogP contribution in [0.4, 0.5) is 10.6 Å². The van der Waals surface area contributed by atoms with E-state index in [9.17, 15) is 9.59 Å². The molecule has 1 aromatic rings. The van der Waals surface area contributed by atoms with Crippen molar-refractivity contribution in [1.82, 2.24) is 14.9 Å². The summed E-state index contributed by atoms with van der Waals surface area (Å²) in [5, 5.41) is 0. The summed E-state index contributed by atoms with van der Waals surface area (Å²) in [6, 6.07) is -0.0386. The molecule has 1 atom stereocenters. The highest BCUT2D eigenvalue weighted by Gasteiger charge is 2.34. The van der Waals surface area contributed by atoms with E-state index in [1.54, 1.807) is 17.3 Å². The predicted octanol–water partition coefficient (Wildman–Crippen LogP) is 2.57. The minimum Gasteiger partial charge on any atom is -0.447 e. The summed E-state index contributed by atoms with van der Waals surface area (Å²) in [5.74, 6) is 0.991. The van der Waals surface area contributed by atoms with Gasteiger partial charge >= 0.3 is 6.09 Å². The third kappa shape index (κ3) is 3.60. The standard InChI is InChI=1S/C18H26N4O3/c1-12-11-25-17(24)22(12)15-10-19-9-14(20-15)13-5-7-21(8-6-13)16(23)18(2,3)4/h9-10,12-13H,5-8,11H2,1-4H3. The maximum absolute atomic E-state index is 12.4. The SMILES string of the molecule is CC1COC(=O)N1c1cncc(C2CCN(C(=O)C(C)(C)C)CC2)n1. The van der Waals surface area contributed by atoms with Crippen molar-refractivity contribution in [3.05, 3.63) is 18.1 Å². The van der Waals surface area contributed by atoms with Crippen molar-refractivity contribution in [3.63, 3.8) is 0 Å². The second-order valence-electron chi connectivity index (χ2n) is 7.91. The zero-order valence-corrected chi connectivity index (χ0v) is 15.4. The average molecular weight is 346 g/mol. The molecule has 1 aromatic heterocycles. The van der Waals surface area contributed by atoms with Crippen LogP contribution in [0.2, 0.25) is 0 Å². The normalized spacial score (nSPS) is 22.2. The molecule has 7 nitrogen and oxygen atoms in total. The number of aromatic nitrogens is 2. The quantitative estimate of drug-likeness (QED) is 0.823. The van der Waals surface area contributed by atoms with Gasteiger partial charge < -0.3 is 9.64 Å². The lowest BCUT2D eigenvalue weighted by molar-refractivity contribution is -0.140. The van der Waals surface area contributed by atoms with Gasteiger partial charge in [0.15, 0.2) is 5.82 Å². The lowest BCUT2D eigenvalue weighted by Gasteiger charge is -2.35. The fourth-order valence-electron chi connectivity index (χ4n) is 3.37. The van der Waals surface area contributed by atoms with Crippen molar-refractivity contribution >= 4 is 17.8 Å². The zero-order valence-electron chi connectivity index (χ0n) is 15.4. The lowest BCUT2D eigenvalue weighted by Crippen LogP contribution is -2.43. The Hall–Kier alpha value is -2.18. The van der Waals surface area contributed by atoms with Crippen molar-refractivity contribution in [2.24, 2.45) is 5.41 Å². The summed E-state index contributed by atoms with van der Waals surface area (Å²) >= 11 is 0. The summed E-state index contributed by atoms with van der Waals surface area (Å²) in [6.45, 7) is 9.61. The van der Waals surface area contributed by atoms with Crippen molar-refractivity contribution in [2.45, 2.75) is 52.5 Å². The first-order chi connectivity index (χ1) is 11.8.